The minimum atomic E-state index is -0.363. The lowest BCUT2D eigenvalue weighted by Crippen LogP contribution is -2.45. The second-order valence-corrected chi connectivity index (χ2v) is 5.76. The highest BCUT2D eigenvalue weighted by Gasteiger charge is 2.27. The molecule has 2 amide bonds. The van der Waals surface area contributed by atoms with Crippen molar-refractivity contribution >= 4 is 35.0 Å². The molecular weight excluding hydrogens is 315 g/mol. The molecule has 1 atom stereocenters. The molecule has 114 valence electrons. The van der Waals surface area contributed by atoms with Crippen molar-refractivity contribution in [3.8, 4) is 5.75 Å². The summed E-state index contributed by atoms with van der Waals surface area (Å²) in [5.41, 5.74) is 5.29. The van der Waals surface area contributed by atoms with Crippen LogP contribution in [0.3, 0.4) is 0 Å². The Balaban J connectivity index is 1.89. The van der Waals surface area contributed by atoms with Crippen LogP contribution < -0.4 is 10.5 Å². The Bertz CT molecular complexity index is 551. The van der Waals surface area contributed by atoms with E-state index in [4.69, 9.17) is 33.7 Å². The fourth-order valence-corrected chi connectivity index (χ4v) is 2.53. The first kappa shape index (κ1) is 15.9. The molecule has 2 N–H and O–H groups in total. The molecule has 1 aliphatic heterocycles. The van der Waals surface area contributed by atoms with E-state index in [-0.39, 0.29) is 24.3 Å². The zero-order valence-electron chi connectivity index (χ0n) is 11.4. The predicted octanol–water partition coefficient (Wildman–Crippen LogP) is 2.10. The van der Waals surface area contributed by atoms with Gasteiger partial charge in [0.25, 0.3) is 5.91 Å². The van der Waals surface area contributed by atoms with Crippen molar-refractivity contribution in [2.75, 3.05) is 19.7 Å². The molecule has 5 nitrogen and oxygen atoms in total. The largest absolute Gasteiger partial charge is 0.484 e. The van der Waals surface area contributed by atoms with Crippen molar-refractivity contribution in [1.29, 1.82) is 0 Å². The van der Waals surface area contributed by atoms with Crippen LogP contribution in [0.4, 0.5) is 0 Å². The van der Waals surface area contributed by atoms with Gasteiger partial charge in [0.1, 0.15) is 5.75 Å². The number of likely N-dealkylation sites (tertiary alicyclic amines) is 1. The molecule has 0 unspecified atom stereocenters. The zero-order valence-corrected chi connectivity index (χ0v) is 12.9. The van der Waals surface area contributed by atoms with Gasteiger partial charge in [-0.15, -0.1) is 0 Å². The maximum atomic E-state index is 12.1. The molecule has 0 aliphatic carbocycles. The van der Waals surface area contributed by atoms with Gasteiger partial charge in [-0.25, -0.2) is 0 Å². The van der Waals surface area contributed by atoms with Crippen LogP contribution in [0.15, 0.2) is 18.2 Å². The number of benzene rings is 1. The van der Waals surface area contributed by atoms with Crippen LogP contribution in [0, 0.1) is 5.92 Å². The lowest BCUT2D eigenvalue weighted by atomic mass is 9.97. The SMILES string of the molecule is NC(=O)[C@@H]1CCCN(C(=O)COc2ccc(Cl)c(Cl)c2)C1. The second kappa shape index (κ2) is 7.00. The Kier molecular flexibility index (Phi) is 5.31. The maximum absolute atomic E-state index is 12.1. The molecular formula is C14H16Cl2N2O3. The van der Waals surface area contributed by atoms with Gasteiger partial charge in [0.2, 0.25) is 5.91 Å². The quantitative estimate of drug-likeness (QED) is 0.918. The Morgan fingerprint density at radius 1 is 1.33 bits per heavy atom. The number of rotatable bonds is 4. The van der Waals surface area contributed by atoms with Gasteiger partial charge in [0.15, 0.2) is 6.61 Å². The first-order valence-electron chi connectivity index (χ1n) is 6.62. The van der Waals surface area contributed by atoms with Crippen LogP contribution in [-0.4, -0.2) is 36.4 Å². The van der Waals surface area contributed by atoms with E-state index in [1.807, 2.05) is 0 Å². The van der Waals surface area contributed by atoms with Gasteiger partial charge >= 0.3 is 0 Å². The summed E-state index contributed by atoms with van der Waals surface area (Å²) in [5, 5.41) is 0.795. The molecule has 0 saturated carbocycles. The number of halogens is 2. The summed E-state index contributed by atoms with van der Waals surface area (Å²) in [6.07, 6.45) is 1.50. The molecule has 0 radical (unpaired) electrons. The smallest absolute Gasteiger partial charge is 0.260 e. The monoisotopic (exact) mass is 330 g/mol. The molecule has 0 aromatic heterocycles. The Morgan fingerprint density at radius 2 is 2.10 bits per heavy atom. The minimum Gasteiger partial charge on any atom is -0.484 e. The van der Waals surface area contributed by atoms with E-state index in [1.54, 1.807) is 23.1 Å². The van der Waals surface area contributed by atoms with E-state index in [0.717, 1.165) is 12.8 Å². The number of nitrogens with two attached hydrogens (primary N) is 1. The number of primary amides is 1. The molecule has 7 heteroatoms. The molecule has 0 bridgehead atoms. The molecule has 0 spiro atoms. The maximum Gasteiger partial charge on any atom is 0.260 e. The van der Waals surface area contributed by atoms with Gasteiger partial charge in [0.05, 0.1) is 16.0 Å². The van der Waals surface area contributed by atoms with Crippen molar-refractivity contribution in [2.45, 2.75) is 12.8 Å². The van der Waals surface area contributed by atoms with Gasteiger partial charge in [-0.1, -0.05) is 23.2 Å². The fraction of sp³-hybridized carbons (Fsp3) is 0.429. The molecule has 1 fully saturated rings. The third kappa shape index (κ3) is 4.25. The average molecular weight is 331 g/mol. The highest BCUT2D eigenvalue weighted by atomic mass is 35.5. The third-order valence-corrected chi connectivity index (χ3v) is 4.17. The number of hydrogen-bond donors (Lipinski definition) is 1. The molecule has 1 saturated heterocycles. The van der Waals surface area contributed by atoms with E-state index >= 15 is 0 Å². The minimum absolute atomic E-state index is 0.108. The standard InChI is InChI=1S/C14H16Cl2N2O3/c15-11-4-3-10(6-12(11)16)21-8-13(19)18-5-1-2-9(7-18)14(17)20/h3-4,6,9H,1-2,5,7-8H2,(H2,17,20)/t9-/m1/s1. The Hall–Kier alpha value is -1.46. The summed E-state index contributed by atoms with van der Waals surface area (Å²) in [6, 6.07) is 4.80. The van der Waals surface area contributed by atoms with Crippen LogP contribution in [0.1, 0.15) is 12.8 Å². The normalized spacial score (nSPS) is 18.4. The Labute approximate surface area is 132 Å². The first-order chi connectivity index (χ1) is 9.97. The van der Waals surface area contributed by atoms with E-state index in [2.05, 4.69) is 0 Å². The highest BCUT2D eigenvalue weighted by molar-refractivity contribution is 6.42. The van der Waals surface area contributed by atoms with Crippen molar-refractivity contribution < 1.29 is 14.3 Å². The number of hydrogen-bond acceptors (Lipinski definition) is 3. The molecule has 1 aromatic rings. The summed E-state index contributed by atoms with van der Waals surface area (Å²) >= 11 is 11.7. The molecule has 2 rings (SSSR count). The van der Waals surface area contributed by atoms with Gasteiger partial charge in [-0.05, 0) is 25.0 Å². The number of ether oxygens (including phenoxy) is 1. The highest BCUT2D eigenvalue weighted by Crippen LogP contribution is 2.26. The number of nitrogens with zero attached hydrogens (tertiary/aromatic N) is 1. The number of piperidine rings is 1. The number of carbonyl (C=O) groups excluding carboxylic acids is 2. The van der Waals surface area contributed by atoms with Gasteiger partial charge in [0, 0.05) is 19.2 Å². The average Bonchev–Trinajstić information content (AvgIpc) is 2.48. The molecule has 1 aromatic carbocycles. The van der Waals surface area contributed by atoms with Crippen molar-refractivity contribution in [2.24, 2.45) is 11.7 Å². The predicted molar refractivity (Wildman–Crippen MR) is 80.5 cm³/mol. The summed E-state index contributed by atoms with van der Waals surface area (Å²) in [4.78, 5) is 24.9. The third-order valence-electron chi connectivity index (χ3n) is 3.43. The lowest BCUT2D eigenvalue weighted by Gasteiger charge is -2.31. The van der Waals surface area contributed by atoms with E-state index in [9.17, 15) is 9.59 Å². The van der Waals surface area contributed by atoms with E-state index < -0.39 is 0 Å². The topological polar surface area (TPSA) is 72.6 Å². The summed E-state index contributed by atoms with van der Waals surface area (Å²) in [7, 11) is 0. The Morgan fingerprint density at radius 3 is 2.76 bits per heavy atom. The van der Waals surface area contributed by atoms with Gasteiger partial charge < -0.3 is 15.4 Å². The number of carbonyl (C=O) groups is 2. The zero-order chi connectivity index (χ0) is 15.4. The van der Waals surface area contributed by atoms with Crippen LogP contribution in [-0.2, 0) is 9.59 Å². The second-order valence-electron chi connectivity index (χ2n) is 4.95. The van der Waals surface area contributed by atoms with Crippen LogP contribution >= 0.6 is 23.2 Å². The van der Waals surface area contributed by atoms with Gasteiger partial charge in [-0.2, -0.15) is 0 Å². The van der Waals surface area contributed by atoms with Gasteiger partial charge in [-0.3, -0.25) is 9.59 Å². The fourth-order valence-electron chi connectivity index (χ4n) is 2.24. The molecule has 21 heavy (non-hydrogen) atoms. The van der Waals surface area contributed by atoms with Crippen molar-refractivity contribution in [3.05, 3.63) is 28.2 Å². The molecule has 1 aliphatic rings. The lowest BCUT2D eigenvalue weighted by molar-refractivity contribution is -0.136. The van der Waals surface area contributed by atoms with Crippen LogP contribution in [0.2, 0.25) is 10.0 Å². The van der Waals surface area contributed by atoms with Crippen molar-refractivity contribution in [3.63, 3.8) is 0 Å². The molecule has 1 heterocycles. The van der Waals surface area contributed by atoms with Crippen molar-refractivity contribution in [1.82, 2.24) is 4.90 Å². The van der Waals surface area contributed by atoms with Crippen LogP contribution in [0.5, 0.6) is 5.75 Å². The van der Waals surface area contributed by atoms with E-state index in [0.29, 0.717) is 28.9 Å². The number of amides is 2. The summed E-state index contributed by atoms with van der Waals surface area (Å²) < 4.78 is 5.40. The first-order valence-corrected chi connectivity index (χ1v) is 7.38. The van der Waals surface area contributed by atoms with E-state index in [1.165, 1.54) is 0 Å². The van der Waals surface area contributed by atoms with Crippen LogP contribution in [0.25, 0.3) is 0 Å². The summed E-state index contributed by atoms with van der Waals surface area (Å²) in [5.74, 6) is -0.334. The summed E-state index contributed by atoms with van der Waals surface area (Å²) in [6.45, 7) is 0.871.